The van der Waals surface area contributed by atoms with Crippen molar-refractivity contribution in [2.75, 3.05) is 13.7 Å². The number of ether oxygens (including phenoxy) is 1. The van der Waals surface area contributed by atoms with E-state index in [2.05, 4.69) is 29.5 Å². The third-order valence-corrected chi connectivity index (χ3v) is 5.51. The first-order chi connectivity index (χ1) is 11.1. The fourth-order valence-electron chi connectivity index (χ4n) is 3.94. The molecule has 3 unspecified atom stereocenters. The molecular weight excluding hydrogens is 290 g/mol. The highest BCUT2D eigenvalue weighted by molar-refractivity contribution is 5.80. The summed E-state index contributed by atoms with van der Waals surface area (Å²) in [5.41, 5.74) is 0.331. The van der Waals surface area contributed by atoms with Gasteiger partial charge in [-0.1, -0.05) is 6.42 Å². The van der Waals surface area contributed by atoms with E-state index in [0.717, 1.165) is 30.5 Å². The van der Waals surface area contributed by atoms with E-state index in [1.807, 2.05) is 26.1 Å². The minimum absolute atomic E-state index is 0.0926. The van der Waals surface area contributed by atoms with E-state index < -0.39 is 0 Å². The lowest BCUT2D eigenvalue weighted by Gasteiger charge is -2.61. The topological polar surface area (TPSA) is 58.8 Å². The van der Waals surface area contributed by atoms with Crippen LogP contribution in [0.4, 0.5) is 0 Å². The van der Waals surface area contributed by atoms with Gasteiger partial charge >= 0.3 is 0 Å². The third kappa shape index (κ3) is 2.99. The molecule has 1 heterocycles. The second-order valence-electron chi connectivity index (χ2n) is 6.85. The molecule has 0 aliphatic heterocycles. The highest BCUT2D eigenvalue weighted by Gasteiger charge is 2.59. The van der Waals surface area contributed by atoms with Crippen LogP contribution in [0.15, 0.2) is 21.5 Å². The van der Waals surface area contributed by atoms with E-state index in [-0.39, 0.29) is 6.04 Å². The Balaban J connectivity index is 1.58. The van der Waals surface area contributed by atoms with Gasteiger partial charge < -0.3 is 19.8 Å². The van der Waals surface area contributed by atoms with Crippen molar-refractivity contribution in [1.29, 1.82) is 0 Å². The highest BCUT2D eigenvalue weighted by Crippen LogP contribution is 2.57. The molecule has 1 aromatic heterocycles. The van der Waals surface area contributed by atoms with Crippen LogP contribution in [0.1, 0.15) is 57.1 Å². The largest absolute Gasteiger partial charge is 0.464 e. The fraction of sp³-hybridized carbons (Fsp3) is 0.722. The van der Waals surface area contributed by atoms with E-state index in [9.17, 15) is 0 Å². The second kappa shape index (κ2) is 6.56. The summed E-state index contributed by atoms with van der Waals surface area (Å²) >= 11 is 0. The van der Waals surface area contributed by atoms with E-state index in [1.165, 1.54) is 19.3 Å². The Hall–Kier alpha value is -1.49. The highest BCUT2D eigenvalue weighted by atomic mass is 16.5. The van der Waals surface area contributed by atoms with E-state index in [0.29, 0.717) is 17.6 Å². The van der Waals surface area contributed by atoms with Crippen LogP contribution in [0.5, 0.6) is 0 Å². The molecule has 0 amide bonds. The van der Waals surface area contributed by atoms with Crippen molar-refractivity contribution in [3.05, 3.63) is 23.7 Å². The number of nitrogens with zero attached hydrogens (tertiary/aromatic N) is 1. The Bertz CT molecular complexity index is 562. The molecule has 2 aliphatic carbocycles. The van der Waals surface area contributed by atoms with Crippen molar-refractivity contribution in [2.45, 2.75) is 64.6 Å². The van der Waals surface area contributed by atoms with Crippen LogP contribution in [0.25, 0.3) is 0 Å². The van der Waals surface area contributed by atoms with Crippen LogP contribution in [0.3, 0.4) is 0 Å². The minimum Gasteiger partial charge on any atom is -0.464 e. The number of hydrogen-bond donors (Lipinski definition) is 2. The molecular formula is C18H29N3O2. The number of aryl methyl sites for hydroxylation is 1. The summed E-state index contributed by atoms with van der Waals surface area (Å²) < 4.78 is 11.6. The summed E-state index contributed by atoms with van der Waals surface area (Å²) in [4.78, 5) is 4.39. The molecule has 2 saturated carbocycles. The Morgan fingerprint density at radius 1 is 1.48 bits per heavy atom. The molecule has 1 aromatic rings. The van der Waals surface area contributed by atoms with Gasteiger partial charge in [-0.05, 0) is 52.2 Å². The van der Waals surface area contributed by atoms with Crippen LogP contribution in [-0.2, 0) is 4.74 Å². The standard InChI is InChI=1S/C18H29N3O2/c1-5-22-16-11-15(18(16)9-6-10-18)21-17(19-4)20-13(3)14-8-7-12(2)23-14/h7-8,13,15-16H,5-6,9-11H2,1-4H3,(H2,19,20,21). The molecule has 0 saturated heterocycles. The molecule has 5 nitrogen and oxygen atoms in total. The maximum Gasteiger partial charge on any atom is 0.191 e. The average Bonchev–Trinajstić information content (AvgIpc) is 2.89. The summed E-state index contributed by atoms with van der Waals surface area (Å²) in [6, 6.07) is 4.56. The van der Waals surface area contributed by atoms with Crippen molar-refractivity contribution in [3.63, 3.8) is 0 Å². The molecule has 0 radical (unpaired) electrons. The van der Waals surface area contributed by atoms with Crippen LogP contribution >= 0.6 is 0 Å². The molecule has 5 heteroatoms. The molecule has 2 aliphatic rings. The summed E-state index contributed by atoms with van der Waals surface area (Å²) in [7, 11) is 1.82. The lowest BCUT2D eigenvalue weighted by atomic mass is 9.51. The summed E-state index contributed by atoms with van der Waals surface area (Å²) in [5.74, 6) is 2.71. The number of aliphatic imine (C=N–C) groups is 1. The monoisotopic (exact) mass is 319 g/mol. The number of rotatable bonds is 5. The van der Waals surface area contributed by atoms with Gasteiger partial charge in [0.25, 0.3) is 0 Å². The molecule has 0 aromatic carbocycles. The van der Waals surface area contributed by atoms with Crippen molar-refractivity contribution in [3.8, 4) is 0 Å². The SMILES string of the molecule is CCOC1CC(NC(=NC)NC(C)c2ccc(C)o2)C12CCC2. The Labute approximate surface area is 138 Å². The van der Waals surface area contributed by atoms with Gasteiger partial charge in [-0.2, -0.15) is 0 Å². The minimum atomic E-state index is 0.0926. The maximum atomic E-state index is 5.92. The first kappa shape index (κ1) is 16.4. The zero-order valence-corrected chi connectivity index (χ0v) is 14.7. The normalized spacial score (nSPS) is 27.2. The van der Waals surface area contributed by atoms with Crippen molar-refractivity contribution in [1.82, 2.24) is 10.6 Å². The van der Waals surface area contributed by atoms with Gasteiger partial charge in [0.15, 0.2) is 5.96 Å². The molecule has 2 fully saturated rings. The summed E-state index contributed by atoms with van der Waals surface area (Å²) in [6.45, 7) is 6.95. The molecule has 2 N–H and O–H groups in total. The molecule has 23 heavy (non-hydrogen) atoms. The van der Waals surface area contributed by atoms with Crippen molar-refractivity contribution < 1.29 is 9.15 Å². The average molecular weight is 319 g/mol. The Morgan fingerprint density at radius 2 is 2.26 bits per heavy atom. The first-order valence-corrected chi connectivity index (χ1v) is 8.77. The lowest BCUT2D eigenvalue weighted by molar-refractivity contribution is -0.168. The van der Waals surface area contributed by atoms with Gasteiger partial charge in [-0.25, -0.2) is 0 Å². The predicted molar refractivity (Wildman–Crippen MR) is 91.6 cm³/mol. The van der Waals surface area contributed by atoms with Crippen LogP contribution in [0, 0.1) is 12.3 Å². The van der Waals surface area contributed by atoms with E-state index in [1.54, 1.807) is 0 Å². The Morgan fingerprint density at radius 3 is 2.78 bits per heavy atom. The zero-order chi connectivity index (χ0) is 16.4. The Kier molecular flexibility index (Phi) is 4.67. The van der Waals surface area contributed by atoms with E-state index in [4.69, 9.17) is 9.15 Å². The van der Waals surface area contributed by atoms with Crippen LogP contribution in [0.2, 0.25) is 0 Å². The lowest BCUT2D eigenvalue weighted by Crippen LogP contribution is -2.68. The number of hydrogen-bond acceptors (Lipinski definition) is 3. The van der Waals surface area contributed by atoms with Gasteiger partial charge in [0, 0.05) is 25.1 Å². The number of nitrogens with one attached hydrogen (secondary N) is 2. The molecule has 0 bridgehead atoms. The molecule has 1 spiro atoms. The molecule has 128 valence electrons. The van der Waals surface area contributed by atoms with Crippen molar-refractivity contribution >= 4 is 5.96 Å². The first-order valence-electron chi connectivity index (χ1n) is 8.77. The predicted octanol–water partition coefficient (Wildman–Crippen LogP) is 3.16. The van der Waals surface area contributed by atoms with Crippen molar-refractivity contribution in [2.24, 2.45) is 10.4 Å². The van der Waals surface area contributed by atoms with Crippen LogP contribution < -0.4 is 10.6 Å². The molecule has 3 atom stereocenters. The summed E-state index contributed by atoms with van der Waals surface area (Å²) in [5, 5.41) is 7.04. The zero-order valence-electron chi connectivity index (χ0n) is 14.7. The smallest absolute Gasteiger partial charge is 0.191 e. The maximum absolute atomic E-state index is 5.92. The van der Waals surface area contributed by atoms with Gasteiger partial charge in [0.05, 0.1) is 12.1 Å². The number of furan rings is 1. The van der Waals surface area contributed by atoms with E-state index >= 15 is 0 Å². The third-order valence-electron chi connectivity index (χ3n) is 5.51. The van der Waals surface area contributed by atoms with Gasteiger partial charge in [0.2, 0.25) is 0 Å². The fourth-order valence-corrected chi connectivity index (χ4v) is 3.94. The van der Waals surface area contributed by atoms with Crippen LogP contribution in [-0.4, -0.2) is 31.8 Å². The summed E-state index contributed by atoms with van der Waals surface area (Å²) in [6.07, 6.45) is 5.33. The quantitative estimate of drug-likeness (QED) is 0.646. The molecule has 3 rings (SSSR count). The van der Waals surface area contributed by atoms with Gasteiger partial charge in [-0.15, -0.1) is 0 Å². The van der Waals surface area contributed by atoms with Gasteiger partial charge in [-0.3, -0.25) is 4.99 Å². The van der Waals surface area contributed by atoms with Gasteiger partial charge in [0.1, 0.15) is 11.5 Å². The second-order valence-corrected chi connectivity index (χ2v) is 6.85. The number of guanidine groups is 1.